The third-order valence-corrected chi connectivity index (χ3v) is 13.3. The summed E-state index contributed by atoms with van der Waals surface area (Å²) in [6.07, 6.45) is 1.95. The zero-order valence-electron chi connectivity index (χ0n) is 39.2. The second-order valence-electron chi connectivity index (χ2n) is 23.0. The van der Waals surface area contributed by atoms with Crippen molar-refractivity contribution < 1.29 is 4.74 Å². The predicted octanol–water partition coefficient (Wildman–Crippen LogP) is 15.8. The van der Waals surface area contributed by atoms with Gasteiger partial charge in [0.2, 0.25) is 11.4 Å². The molecule has 7 aromatic rings. The average molecular weight is 810 g/mol. The van der Waals surface area contributed by atoms with Crippen LogP contribution in [0, 0.1) is 6.67 Å². The van der Waals surface area contributed by atoms with E-state index in [-0.39, 0.29) is 27.1 Å². The van der Waals surface area contributed by atoms with Crippen LogP contribution >= 0.6 is 0 Å². The second-order valence-corrected chi connectivity index (χ2v) is 23.0. The summed E-state index contributed by atoms with van der Waals surface area (Å²) in [7, 11) is 0. The van der Waals surface area contributed by atoms with Crippen molar-refractivity contribution in [3.8, 4) is 17.3 Å². The van der Waals surface area contributed by atoms with Crippen LogP contribution in [0.1, 0.15) is 132 Å². The summed E-state index contributed by atoms with van der Waals surface area (Å²) < 4.78 is 10.7. The van der Waals surface area contributed by atoms with Crippen LogP contribution in [0.25, 0.3) is 27.6 Å². The highest BCUT2D eigenvalue weighted by Crippen LogP contribution is 2.76. The fourth-order valence-corrected chi connectivity index (χ4v) is 9.34. The molecule has 5 aromatic carbocycles. The standard InChI is InChI=1S/C56H65N4O/c1-52(2,3)36-17-16-18-41(27-36)59-35-60(59,49-24-20-38(31-50(49)59)54(7,8)9)42-28-40(56(13,14)15)29-44(33-42)61-43-21-22-45-46-30-37(53(4,5)6)19-23-47(46)58(48(45)34-43)51-32-39(25-26-57-51)55(10,11)12/h16-35H,1-15H3/q+1/t59-,60?/m0/s1. The second kappa shape index (κ2) is 13.1. The molecule has 0 bridgehead atoms. The molecule has 2 aromatic heterocycles. The fraction of sp³-hybridized carbons (Fsp3) is 0.357. The zero-order valence-corrected chi connectivity index (χ0v) is 39.2. The van der Waals surface area contributed by atoms with Gasteiger partial charge in [0.05, 0.1) is 11.0 Å². The minimum absolute atomic E-state index is 0.0154. The van der Waals surface area contributed by atoms with Gasteiger partial charge in [-0.15, -0.1) is 0 Å². The molecule has 5 heteroatoms. The van der Waals surface area contributed by atoms with E-state index < -0.39 is 0 Å². The molecule has 0 saturated carbocycles. The number of hydrogen-bond donors (Lipinski definition) is 0. The van der Waals surface area contributed by atoms with Gasteiger partial charge in [0.25, 0.3) is 0 Å². The number of ether oxygens (including phenoxy) is 1. The van der Waals surface area contributed by atoms with E-state index in [2.05, 4.69) is 224 Å². The van der Waals surface area contributed by atoms with Gasteiger partial charge in [0.1, 0.15) is 17.3 Å². The summed E-state index contributed by atoms with van der Waals surface area (Å²) in [5.74, 6) is 2.54. The van der Waals surface area contributed by atoms with E-state index in [0.29, 0.717) is 9.18 Å². The molecule has 0 spiro atoms. The first-order valence-electron chi connectivity index (χ1n) is 22.1. The van der Waals surface area contributed by atoms with Gasteiger partial charge in [-0.2, -0.15) is 9.18 Å². The Labute approximate surface area is 364 Å². The van der Waals surface area contributed by atoms with Crippen LogP contribution in [-0.2, 0) is 27.1 Å². The molecule has 9 rings (SSSR count). The first kappa shape index (κ1) is 41.1. The first-order chi connectivity index (χ1) is 28.3. The number of hydrogen-bond acceptors (Lipinski definition) is 2. The van der Waals surface area contributed by atoms with E-state index >= 15 is 0 Å². The summed E-state index contributed by atoms with van der Waals surface area (Å²) in [5, 5.41) is 2.40. The maximum atomic E-state index is 7.08. The summed E-state index contributed by atoms with van der Waals surface area (Å²) in [6, 6.07) is 41.2. The molecule has 2 aliphatic heterocycles. The van der Waals surface area contributed by atoms with Gasteiger partial charge < -0.3 is 4.74 Å². The largest absolute Gasteiger partial charge is 0.457 e. The summed E-state index contributed by atoms with van der Waals surface area (Å²) >= 11 is 0. The molecule has 5 nitrogen and oxygen atoms in total. The minimum Gasteiger partial charge on any atom is -0.457 e. The number of fused-ring (bicyclic) bond motifs is 7. The Morgan fingerprint density at radius 1 is 0.443 bits per heavy atom. The molecule has 0 amide bonds. The van der Waals surface area contributed by atoms with E-state index in [1.54, 1.807) is 0 Å². The van der Waals surface area contributed by atoms with Crippen molar-refractivity contribution >= 4 is 44.6 Å². The quantitative estimate of drug-likeness (QED) is 0.0984. The Bertz CT molecular complexity index is 2900. The molecule has 0 radical (unpaired) electrons. The Morgan fingerprint density at radius 3 is 1.70 bits per heavy atom. The first-order valence-corrected chi connectivity index (χ1v) is 22.1. The molecule has 2 atom stereocenters. The Kier molecular flexibility index (Phi) is 8.86. The number of rotatable bonds is 5. The monoisotopic (exact) mass is 810 g/mol. The number of nitrogens with zero attached hydrogens (tertiary/aromatic N) is 4. The van der Waals surface area contributed by atoms with Gasteiger partial charge in [-0.05, 0) is 97.4 Å². The molecule has 1 fully saturated rings. The lowest BCUT2D eigenvalue weighted by Crippen LogP contribution is -2.47. The van der Waals surface area contributed by atoms with Crippen molar-refractivity contribution in [1.29, 1.82) is 0 Å². The highest BCUT2D eigenvalue weighted by molar-refractivity contribution is 6.10. The lowest BCUT2D eigenvalue weighted by atomic mass is 9.85. The third-order valence-electron chi connectivity index (χ3n) is 13.3. The maximum absolute atomic E-state index is 7.08. The van der Waals surface area contributed by atoms with Crippen molar-refractivity contribution in [3.05, 3.63) is 150 Å². The average Bonchev–Trinajstić information content (AvgIpc) is 3.67. The van der Waals surface area contributed by atoms with Crippen LogP contribution in [0.4, 0.5) is 22.7 Å². The van der Waals surface area contributed by atoms with Crippen LogP contribution in [0.2, 0.25) is 0 Å². The molecular weight excluding hydrogens is 745 g/mol. The molecule has 1 unspecified atom stereocenters. The topological polar surface area (TPSA) is 27.1 Å². The van der Waals surface area contributed by atoms with Crippen LogP contribution in [0.3, 0.4) is 0 Å². The zero-order chi connectivity index (χ0) is 43.9. The highest BCUT2D eigenvalue weighted by Gasteiger charge is 2.78. The Balaban J connectivity index is 1.21. The van der Waals surface area contributed by atoms with Crippen LogP contribution in [-0.4, -0.2) is 9.55 Å². The Hall–Kier alpha value is -5.23. The van der Waals surface area contributed by atoms with Gasteiger partial charge in [-0.25, -0.2) is 4.98 Å². The SMILES string of the molecule is CC(C)(C)c1cc(Oc2ccc3c4cc(C(C)(C)C)ccc4n(-c4cc(C(C)(C)C)ccn4)c3c2)cc([N+]23[CH-][N@+]2(c2cccc(C(C)(C)C)c2)c2cc(C(C)(C)C)ccc23)c1. The van der Waals surface area contributed by atoms with E-state index in [0.717, 1.165) is 28.4 Å². The summed E-state index contributed by atoms with van der Waals surface area (Å²) in [4.78, 5) is 4.98. The summed E-state index contributed by atoms with van der Waals surface area (Å²) in [5.41, 5.74) is 13.8. The molecule has 2 aliphatic rings. The maximum Gasteiger partial charge on any atom is 0.225 e. The van der Waals surface area contributed by atoms with E-state index in [1.807, 2.05) is 6.20 Å². The van der Waals surface area contributed by atoms with Gasteiger partial charge in [-0.1, -0.05) is 128 Å². The van der Waals surface area contributed by atoms with Crippen molar-refractivity contribution in [2.24, 2.45) is 0 Å². The van der Waals surface area contributed by atoms with Crippen molar-refractivity contribution in [2.75, 3.05) is 0 Å². The molecule has 1 saturated heterocycles. The van der Waals surface area contributed by atoms with Gasteiger partial charge in [-0.3, -0.25) is 4.57 Å². The number of aromatic nitrogens is 2. The summed E-state index contributed by atoms with van der Waals surface area (Å²) in [6.45, 7) is 36.8. The number of quaternary nitrogens is 2. The Morgan fingerprint density at radius 2 is 1.03 bits per heavy atom. The normalized spacial score (nSPS) is 19.1. The van der Waals surface area contributed by atoms with Crippen LogP contribution in [0.15, 0.2) is 115 Å². The third kappa shape index (κ3) is 6.53. The van der Waals surface area contributed by atoms with E-state index in [4.69, 9.17) is 9.72 Å². The van der Waals surface area contributed by atoms with Crippen molar-refractivity contribution in [1.82, 2.24) is 18.7 Å². The lowest BCUT2D eigenvalue weighted by molar-refractivity contribution is 0.419. The molecule has 4 heterocycles. The molecule has 0 aliphatic carbocycles. The minimum atomic E-state index is -0.112. The molecule has 61 heavy (non-hydrogen) atoms. The van der Waals surface area contributed by atoms with Crippen molar-refractivity contribution in [3.63, 3.8) is 0 Å². The molecular formula is C56H65N4O+. The van der Waals surface area contributed by atoms with E-state index in [9.17, 15) is 0 Å². The fourth-order valence-electron chi connectivity index (χ4n) is 9.34. The lowest BCUT2D eigenvalue weighted by Gasteiger charge is -2.41. The smallest absolute Gasteiger partial charge is 0.225 e. The van der Waals surface area contributed by atoms with E-state index in [1.165, 1.54) is 61.3 Å². The van der Waals surface area contributed by atoms with Crippen LogP contribution in [0.5, 0.6) is 11.5 Å². The van der Waals surface area contributed by atoms with Crippen LogP contribution < -0.4 is 13.9 Å². The number of benzene rings is 5. The van der Waals surface area contributed by atoms with Crippen molar-refractivity contribution in [2.45, 2.75) is 131 Å². The molecule has 0 N–H and O–H groups in total. The number of pyridine rings is 1. The highest BCUT2D eigenvalue weighted by atomic mass is 16.5. The molecule has 314 valence electrons. The predicted molar refractivity (Wildman–Crippen MR) is 259 cm³/mol. The van der Waals surface area contributed by atoms with Gasteiger partial charge in [0.15, 0.2) is 18.0 Å². The van der Waals surface area contributed by atoms with Gasteiger partial charge >= 0.3 is 0 Å². The van der Waals surface area contributed by atoms with Gasteiger partial charge in [0, 0.05) is 59.4 Å².